The fourth-order valence-corrected chi connectivity index (χ4v) is 4.69. The lowest BCUT2D eigenvalue weighted by Crippen LogP contribution is -2.30. The number of imidazole rings is 1. The fourth-order valence-electron chi connectivity index (χ4n) is 4.69. The summed E-state index contributed by atoms with van der Waals surface area (Å²) in [6.07, 6.45) is 3.41. The molecule has 37 heavy (non-hydrogen) atoms. The van der Waals surface area contributed by atoms with Gasteiger partial charge in [0.15, 0.2) is 0 Å². The monoisotopic (exact) mass is 497 g/mol. The zero-order chi connectivity index (χ0) is 26.2. The van der Waals surface area contributed by atoms with Crippen molar-refractivity contribution in [3.63, 3.8) is 0 Å². The zero-order valence-electron chi connectivity index (χ0n) is 22.5. The SMILES string of the molecule is CCC(C)c1ccc(OCCCCn2c(C(C)NC(=O)Cc3ccccc3C)nc3ccccc32)cc1. The van der Waals surface area contributed by atoms with Crippen LogP contribution in [0, 0.1) is 6.92 Å². The van der Waals surface area contributed by atoms with Gasteiger partial charge in [-0.1, -0.05) is 62.4 Å². The third-order valence-corrected chi connectivity index (χ3v) is 7.17. The molecule has 4 aromatic rings. The van der Waals surface area contributed by atoms with E-state index in [1.807, 2.05) is 56.3 Å². The van der Waals surface area contributed by atoms with Gasteiger partial charge < -0.3 is 14.6 Å². The summed E-state index contributed by atoms with van der Waals surface area (Å²) in [6, 6.07) is 24.5. The summed E-state index contributed by atoms with van der Waals surface area (Å²) in [5.74, 6) is 2.39. The van der Waals surface area contributed by atoms with Crippen LogP contribution in [0.3, 0.4) is 0 Å². The second-order valence-corrected chi connectivity index (χ2v) is 9.94. The maximum absolute atomic E-state index is 12.8. The number of hydrogen-bond acceptors (Lipinski definition) is 3. The molecule has 0 aliphatic heterocycles. The van der Waals surface area contributed by atoms with E-state index in [1.54, 1.807) is 0 Å². The Kier molecular flexibility index (Phi) is 8.99. The summed E-state index contributed by atoms with van der Waals surface area (Å²) in [6.45, 7) is 10.0. The van der Waals surface area contributed by atoms with Gasteiger partial charge in [0.05, 0.1) is 30.1 Å². The molecule has 1 heterocycles. The van der Waals surface area contributed by atoms with E-state index in [9.17, 15) is 4.79 Å². The highest BCUT2D eigenvalue weighted by Crippen LogP contribution is 2.23. The number of unbranched alkanes of at least 4 members (excludes halogenated alkanes) is 1. The van der Waals surface area contributed by atoms with Gasteiger partial charge in [-0.2, -0.15) is 0 Å². The molecule has 0 saturated carbocycles. The first-order valence-electron chi connectivity index (χ1n) is 13.5. The van der Waals surface area contributed by atoms with Crippen LogP contribution in [-0.4, -0.2) is 22.1 Å². The molecule has 5 heteroatoms. The van der Waals surface area contributed by atoms with Crippen molar-refractivity contribution >= 4 is 16.9 Å². The first kappa shape index (κ1) is 26.5. The maximum atomic E-state index is 12.8. The van der Waals surface area contributed by atoms with E-state index in [1.165, 1.54) is 5.56 Å². The molecule has 0 aliphatic rings. The molecule has 0 aliphatic carbocycles. The average Bonchev–Trinajstić information content (AvgIpc) is 3.28. The largest absolute Gasteiger partial charge is 0.494 e. The molecule has 0 fully saturated rings. The van der Waals surface area contributed by atoms with Crippen molar-refractivity contribution < 1.29 is 9.53 Å². The minimum atomic E-state index is -0.191. The molecule has 3 aromatic carbocycles. The summed E-state index contributed by atoms with van der Waals surface area (Å²) >= 11 is 0. The summed E-state index contributed by atoms with van der Waals surface area (Å²) < 4.78 is 8.24. The van der Waals surface area contributed by atoms with Crippen molar-refractivity contribution in [3.8, 4) is 5.75 Å². The minimum absolute atomic E-state index is 0.00755. The lowest BCUT2D eigenvalue weighted by Gasteiger charge is -2.17. The van der Waals surface area contributed by atoms with Gasteiger partial charge in [0, 0.05) is 6.54 Å². The van der Waals surface area contributed by atoms with Crippen LogP contribution < -0.4 is 10.1 Å². The van der Waals surface area contributed by atoms with Crippen molar-refractivity contribution in [1.82, 2.24) is 14.9 Å². The molecule has 0 saturated heterocycles. The van der Waals surface area contributed by atoms with Gasteiger partial charge >= 0.3 is 0 Å². The fraction of sp³-hybridized carbons (Fsp3) is 0.375. The number of amides is 1. The van der Waals surface area contributed by atoms with Crippen molar-refractivity contribution in [1.29, 1.82) is 0 Å². The topological polar surface area (TPSA) is 56.1 Å². The van der Waals surface area contributed by atoms with Crippen LogP contribution >= 0.6 is 0 Å². The number of rotatable bonds is 12. The van der Waals surface area contributed by atoms with E-state index in [4.69, 9.17) is 9.72 Å². The van der Waals surface area contributed by atoms with Crippen molar-refractivity contribution in [2.45, 2.75) is 71.9 Å². The molecule has 2 unspecified atom stereocenters. The summed E-state index contributed by atoms with van der Waals surface area (Å²) in [5.41, 5.74) is 5.59. The van der Waals surface area contributed by atoms with E-state index in [2.05, 4.69) is 54.1 Å². The lowest BCUT2D eigenvalue weighted by molar-refractivity contribution is -0.121. The predicted octanol–water partition coefficient (Wildman–Crippen LogP) is 7.14. The van der Waals surface area contributed by atoms with Gasteiger partial charge in [-0.05, 0) is 80.0 Å². The third kappa shape index (κ3) is 6.79. The van der Waals surface area contributed by atoms with E-state index in [-0.39, 0.29) is 11.9 Å². The Morgan fingerprint density at radius 1 is 0.973 bits per heavy atom. The van der Waals surface area contributed by atoms with Crippen molar-refractivity contribution in [2.75, 3.05) is 6.61 Å². The van der Waals surface area contributed by atoms with E-state index >= 15 is 0 Å². The molecule has 5 nitrogen and oxygen atoms in total. The van der Waals surface area contributed by atoms with Gasteiger partial charge in [0.2, 0.25) is 5.91 Å². The van der Waals surface area contributed by atoms with E-state index in [0.717, 1.165) is 59.5 Å². The van der Waals surface area contributed by atoms with E-state index < -0.39 is 0 Å². The first-order chi connectivity index (χ1) is 18.0. The molecular formula is C32H39N3O2. The summed E-state index contributed by atoms with van der Waals surface area (Å²) in [4.78, 5) is 17.7. The molecule has 0 bridgehead atoms. The van der Waals surface area contributed by atoms with Crippen LogP contribution in [0.15, 0.2) is 72.8 Å². The second-order valence-electron chi connectivity index (χ2n) is 9.94. The number of aryl methyl sites for hydroxylation is 2. The maximum Gasteiger partial charge on any atom is 0.225 e. The molecule has 4 rings (SSSR count). The molecule has 1 N–H and O–H groups in total. The molecule has 0 radical (unpaired) electrons. The Morgan fingerprint density at radius 2 is 1.70 bits per heavy atom. The number of nitrogens with zero attached hydrogens (tertiary/aromatic N) is 2. The minimum Gasteiger partial charge on any atom is -0.494 e. The molecule has 1 amide bonds. The van der Waals surface area contributed by atoms with E-state index in [0.29, 0.717) is 18.9 Å². The second kappa shape index (κ2) is 12.6. The Labute approximate surface area is 220 Å². The van der Waals surface area contributed by atoms with Crippen LogP contribution in [0.4, 0.5) is 0 Å². The molecule has 1 aromatic heterocycles. The third-order valence-electron chi connectivity index (χ3n) is 7.17. The highest BCUT2D eigenvalue weighted by molar-refractivity contribution is 5.80. The number of ether oxygens (including phenoxy) is 1. The standard InChI is InChI=1S/C32H39N3O2/c1-5-23(2)26-16-18-28(19-17-26)37-21-11-10-20-35-30-15-9-8-14-29(30)34-32(35)25(4)33-31(36)22-27-13-7-6-12-24(27)3/h6-9,12-19,23,25H,5,10-11,20-22H2,1-4H3,(H,33,36). The van der Waals surface area contributed by atoms with Crippen LogP contribution in [0.1, 0.15) is 74.5 Å². The molecule has 194 valence electrons. The number of aromatic nitrogens is 2. The van der Waals surface area contributed by atoms with Crippen molar-refractivity contribution in [3.05, 3.63) is 95.3 Å². The van der Waals surface area contributed by atoms with Gasteiger partial charge in [0.25, 0.3) is 0 Å². The van der Waals surface area contributed by atoms with Crippen LogP contribution in [0.25, 0.3) is 11.0 Å². The Bertz CT molecular complexity index is 1310. The number of para-hydroxylation sites is 2. The smallest absolute Gasteiger partial charge is 0.225 e. The molecular weight excluding hydrogens is 458 g/mol. The van der Waals surface area contributed by atoms with Gasteiger partial charge in [-0.3, -0.25) is 4.79 Å². The average molecular weight is 498 g/mol. The summed E-state index contributed by atoms with van der Waals surface area (Å²) in [7, 11) is 0. The number of nitrogens with one attached hydrogen (secondary N) is 1. The lowest BCUT2D eigenvalue weighted by atomic mass is 9.99. The Balaban J connectivity index is 1.35. The first-order valence-corrected chi connectivity index (χ1v) is 13.5. The van der Waals surface area contributed by atoms with Gasteiger partial charge in [0.1, 0.15) is 11.6 Å². The van der Waals surface area contributed by atoms with Crippen LogP contribution in [0.5, 0.6) is 5.75 Å². The normalized spacial score (nSPS) is 12.9. The number of benzene rings is 3. The predicted molar refractivity (Wildman–Crippen MR) is 151 cm³/mol. The number of hydrogen-bond donors (Lipinski definition) is 1. The molecule has 0 spiro atoms. The zero-order valence-corrected chi connectivity index (χ0v) is 22.5. The number of carbonyl (C=O) groups excluding carboxylic acids is 1. The highest BCUT2D eigenvalue weighted by Gasteiger charge is 2.18. The van der Waals surface area contributed by atoms with Gasteiger partial charge in [-0.25, -0.2) is 4.98 Å². The number of fused-ring (bicyclic) bond motifs is 1. The van der Waals surface area contributed by atoms with Gasteiger partial charge in [-0.15, -0.1) is 0 Å². The van der Waals surface area contributed by atoms with Crippen LogP contribution in [-0.2, 0) is 17.8 Å². The molecule has 2 atom stereocenters. The Hall–Kier alpha value is -3.60. The van der Waals surface area contributed by atoms with Crippen LogP contribution in [0.2, 0.25) is 0 Å². The quantitative estimate of drug-likeness (QED) is 0.212. The Morgan fingerprint density at radius 3 is 2.46 bits per heavy atom. The summed E-state index contributed by atoms with van der Waals surface area (Å²) in [5, 5.41) is 3.17. The van der Waals surface area contributed by atoms with Crippen molar-refractivity contribution in [2.24, 2.45) is 0 Å². The number of carbonyl (C=O) groups is 1. The highest BCUT2D eigenvalue weighted by atomic mass is 16.5.